The Morgan fingerprint density at radius 1 is 1.38 bits per heavy atom. The van der Waals surface area contributed by atoms with E-state index < -0.39 is 5.97 Å². The minimum absolute atomic E-state index is 0.0199. The van der Waals surface area contributed by atoms with Gasteiger partial charge in [-0.1, -0.05) is 25.1 Å². The maximum absolute atomic E-state index is 11.4. The Balaban J connectivity index is 2.60. The summed E-state index contributed by atoms with van der Waals surface area (Å²) in [7, 11) is 1.59. The van der Waals surface area contributed by atoms with E-state index >= 15 is 0 Å². The molecule has 21 heavy (non-hydrogen) atoms. The molecule has 1 N–H and O–H groups in total. The lowest BCUT2D eigenvalue weighted by Gasteiger charge is -2.15. The topological polar surface area (TPSA) is 77.2 Å². The van der Waals surface area contributed by atoms with Crippen molar-refractivity contribution in [1.29, 1.82) is 0 Å². The number of carbonyl (C=O) groups is 1. The molecule has 1 heterocycles. The third-order valence-electron chi connectivity index (χ3n) is 3.58. The first kappa shape index (κ1) is 15.0. The summed E-state index contributed by atoms with van der Waals surface area (Å²) in [5.41, 5.74) is 1.41. The lowest BCUT2D eigenvalue weighted by molar-refractivity contribution is 0.0688. The molecule has 0 bridgehead atoms. The van der Waals surface area contributed by atoms with Gasteiger partial charge in [0, 0.05) is 12.0 Å². The fourth-order valence-corrected chi connectivity index (χ4v) is 2.42. The highest BCUT2D eigenvalue weighted by molar-refractivity contribution is 5.86. The van der Waals surface area contributed by atoms with E-state index in [-0.39, 0.29) is 11.6 Å². The van der Waals surface area contributed by atoms with Gasteiger partial charge in [0.15, 0.2) is 5.69 Å². The number of carboxylic acid groups (broad SMARTS) is 1. The first-order valence-corrected chi connectivity index (χ1v) is 6.95. The van der Waals surface area contributed by atoms with Crippen LogP contribution in [0.1, 0.15) is 48.8 Å². The van der Waals surface area contributed by atoms with E-state index in [4.69, 9.17) is 4.74 Å². The Kier molecular flexibility index (Phi) is 4.57. The minimum Gasteiger partial charge on any atom is -0.497 e. The van der Waals surface area contributed by atoms with Gasteiger partial charge in [-0.15, -0.1) is 5.10 Å². The van der Waals surface area contributed by atoms with Gasteiger partial charge in [0.1, 0.15) is 5.75 Å². The molecule has 0 fully saturated rings. The molecule has 2 rings (SSSR count). The molecule has 1 aromatic heterocycles. The van der Waals surface area contributed by atoms with Crippen LogP contribution in [0.15, 0.2) is 24.3 Å². The highest BCUT2D eigenvalue weighted by atomic mass is 16.5. The summed E-state index contributed by atoms with van der Waals surface area (Å²) in [5, 5.41) is 17.2. The zero-order valence-electron chi connectivity index (χ0n) is 12.4. The van der Waals surface area contributed by atoms with Crippen LogP contribution in [0.25, 0.3) is 5.69 Å². The molecule has 0 aliphatic rings. The number of benzene rings is 1. The molecular weight excluding hydrogens is 270 g/mol. The number of aromatic carboxylic acids is 1. The minimum atomic E-state index is -1.05. The smallest absolute Gasteiger partial charge is 0.358 e. The molecule has 0 saturated heterocycles. The maximum atomic E-state index is 11.4. The Bertz CT molecular complexity index is 633. The van der Waals surface area contributed by atoms with Crippen LogP contribution in [0, 0.1) is 0 Å². The first-order valence-electron chi connectivity index (χ1n) is 6.95. The molecular formula is C15H19N3O3. The molecule has 6 heteroatoms. The number of hydrogen-bond donors (Lipinski definition) is 1. The Morgan fingerprint density at radius 3 is 2.67 bits per heavy atom. The van der Waals surface area contributed by atoms with Crippen LogP contribution >= 0.6 is 0 Å². The Morgan fingerprint density at radius 2 is 2.10 bits per heavy atom. The summed E-state index contributed by atoms with van der Waals surface area (Å²) in [6, 6.07) is 7.34. The molecule has 0 saturated carbocycles. The van der Waals surface area contributed by atoms with Crippen LogP contribution in [0.3, 0.4) is 0 Å². The summed E-state index contributed by atoms with van der Waals surface area (Å²) < 4.78 is 6.81. The quantitative estimate of drug-likeness (QED) is 0.884. The van der Waals surface area contributed by atoms with E-state index in [1.54, 1.807) is 11.8 Å². The largest absolute Gasteiger partial charge is 0.497 e. The van der Waals surface area contributed by atoms with Gasteiger partial charge in [-0.2, -0.15) is 0 Å². The number of nitrogens with zero attached hydrogens (tertiary/aromatic N) is 3. The van der Waals surface area contributed by atoms with E-state index in [1.165, 1.54) is 0 Å². The van der Waals surface area contributed by atoms with Crippen LogP contribution in [0.4, 0.5) is 0 Å². The normalized spacial score (nSPS) is 10.9. The fourth-order valence-electron chi connectivity index (χ4n) is 2.42. The lowest BCUT2D eigenvalue weighted by Crippen LogP contribution is -2.11. The summed E-state index contributed by atoms with van der Waals surface area (Å²) in [6.07, 6.45) is 1.66. The van der Waals surface area contributed by atoms with Crippen LogP contribution in [-0.4, -0.2) is 33.2 Å². The van der Waals surface area contributed by atoms with E-state index in [9.17, 15) is 9.90 Å². The zero-order valence-corrected chi connectivity index (χ0v) is 12.4. The second-order valence-corrected chi connectivity index (χ2v) is 4.76. The van der Waals surface area contributed by atoms with Gasteiger partial charge in [0.2, 0.25) is 0 Å². The van der Waals surface area contributed by atoms with E-state index in [1.807, 2.05) is 38.1 Å². The van der Waals surface area contributed by atoms with Crippen molar-refractivity contribution in [2.24, 2.45) is 0 Å². The SMILES string of the molecule is CCC(CC)c1c(C(=O)O)nnn1-c1cccc(OC)c1. The third-order valence-corrected chi connectivity index (χ3v) is 3.58. The summed E-state index contributed by atoms with van der Waals surface area (Å²) in [6.45, 7) is 4.06. The van der Waals surface area contributed by atoms with Gasteiger partial charge in [-0.3, -0.25) is 0 Å². The number of carboxylic acids is 1. The molecule has 6 nitrogen and oxygen atoms in total. The molecule has 0 radical (unpaired) electrons. The van der Waals surface area contributed by atoms with Crippen molar-refractivity contribution in [3.05, 3.63) is 35.7 Å². The van der Waals surface area contributed by atoms with Gasteiger partial charge in [0.05, 0.1) is 18.5 Å². The van der Waals surface area contributed by atoms with Crippen molar-refractivity contribution < 1.29 is 14.6 Å². The molecule has 0 atom stereocenters. The molecule has 0 aliphatic carbocycles. The van der Waals surface area contributed by atoms with Gasteiger partial charge in [-0.05, 0) is 25.0 Å². The number of aromatic nitrogens is 3. The Hall–Kier alpha value is -2.37. The predicted octanol–water partition coefficient (Wildman–Crippen LogP) is 2.88. The van der Waals surface area contributed by atoms with Gasteiger partial charge in [-0.25, -0.2) is 9.48 Å². The van der Waals surface area contributed by atoms with Gasteiger partial charge in [0.25, 0.3) is 0 Å². The summed E-state index contributed by atoms with van der Waals surface area (Å²) in [4.78, 5) is 11.4. The first-order chi connectivity index (χ1) is 10.1. The average Bonchev–Trinajstić information content (AvgIpc) is 2.94. The molecule has 0 spiro atoms. The van der Waals surface area contributed by atoms with Crippen molar-refractivity contribution in [3.8, 4) is 11.4 Å². The second-order valence-electron chi connectivity index (χ2n) is 4.76. The van der Waals surface area contributed by atoms with Crippen LogP contribution in [0.5, 0.6) is 5.75 Å². The van der Waals surface area contributed by atoms with E-state index in [0.29, 0.717) is 11.4 Å². The standard InChI is InChI=1S/C15H19N3O3/c1-4-10(5-2)14-13(15(19)20)16-17-18(14)11-7-6-8-12(9-11)21-3/h6-10H,4-5H2,1-3H3,(H,19,20). The average molecular weight is 289 g/mol. The highest BCUT2D eigenvalue weighted by Gasteiger charge is 2.25. The van der Waals surface area contributed by atoms with Crippen LogP contribution < -0.4 is 4.74 Å². The number of methoxy groups -OCH3 is 1. The van der Waals surface area contributed by atoms with Crippen molar-refractivity contribution in [3.63, 3.8) is 0 Å². The molecule has 0 unspecified atom stereocenters. The molecule has 0 aliphatic heterocycles. The number of hydrogen-bond acceptors (Lipinski definition) is 4. The highest BCUT2D eigenvalue weighted by Crippen LogP contribution is 2.28. The van der Waals surface area contributed by atoms with Gasteiger partial charge >= 0.3 is 5.97 Å². The van der Waals surface area contributed by atoms with E-state index in [2.05, 4.69) is 10.3 Å². The maximum Gasteiger partial charge on any atom is 0.358 e. The molecule has 0 amide bonds. The summed E-state index contributed by atoms with van der Waals surface area (Å²) >= 11 is 0. The fraction of sp³-hybridized carbons (Fsp3) is 0.400. The Labute approximate surface area is 123 Å². The summed E-state index contributed by atoms with van der Waals surface area (Å²) in [5.74, 6) is -0.265. The van der Waals surface area contributed by atoms with Gasteiger partial charge < -0.3 is 9.84 Å². The van der Waals surface area contributed by atoms with Crippen molar-refractivity contribution in [2.75, 3.05) is 7.11 Å². The number of rotatable bonds is 6. The van der Waals surface area contributed by atoms with E-state index in [0.717, 1.165) is 18.5 Å². The van der Waals surface area contributed by atoms with Crippen LogP contribution in [-0.2, 0) is 0 Å². The van der Waals surface area contributed by atoms with Crippen molar-refractivity contribution >= 4 is 5.97 Å². The zero-order chi connectivity index (χ0) is 15.4. The molecule has 1 aromatic carbocycles. The van der Waals surface area contributed by atoms with Crippen molar-refractivity contribution in [2.45, 2.75) is 32.6 Å². The third kappa shape index (κ3) is 2.89. The van der Waals surface area contributed by atoms with Crippen molar-refractivity contribution in [1.82, 2.24) is 15.0 Å². The molecule has 112 valence electrons. The van der Waals surface area contributed by atoms with Crippen LogP contribution in [0.2, 0.25) is 0 Å². The second kappa shape index (κ2) is 6.39. The number of ether oxygens (including phenoxy) is 1. The monoisotopic (exact) mass is 289 g/mol. The predicted molar refractivity (Wildman–Crippen MR) is 78.2 cm³/mol. The molecule has 2 aromatic rings. The lowest BCUT2D eigenvalue weighted by atomic mass is 9.97.